The number of non-ortho nitro benzene ring substituents is 1. The molecule has 0 fully saturated rings. The van der Waals surface area contributed by atoms with Crippen molar-refractivity contribution in [3.05, 3.63) is 98.4 Å². The number of nitro benzene ring substituents is 1. The molecule has 1 N–H and O–H groups in total. The summed E-state index contributed by atoms with van der Waals surface area (Å²) in [5.41, 5.74) is 3.02. The van der Waals surface area contributed by atoms with Crippen molar-refractivity contribution >= 4 is 5.69 Å². The summed E-state index contributed by atoms with van der Waals surface area (Å²) in [5, 5.41) is 10.8. The Morgan fingerprint density at radius 3 is 2.59 bits per heavy atom. The Morgan fingerprint density at radius 1 is 1.06 bits per heavy atom. The number of benzene rings is 1. The average Bonchev–Trinajstić information content (AvgIpc) is 3.28. The molecule has 9 nitrogen and oxygen atoms in total. The monoisotopic (exact) mass is 429 g/mol. The van der Waals surface area contributed by atoms with E-state index in [9.17, 15) is 14.9 Å². The van der Waals surface area contributed by atoms with Crippen LogP contribution in [-0.4, -0.2) is 31.3 Å². The molecule has 0 unspecified atom stereocenters. The van der Waals surface area contributed by atoms with Crippen LogP contribution < -0.4 is 5.56 Å². The Hall–Kier alpha value is -4.11. The van der Waals surface area contributed by atoms with Crippen molar-refractivity contribution in [3.63, 3.8) is 0 Å². The lowest BCUT2D eigenvalue weighted by Crippen LogP contribution is -2.35. The second-order valence-electron chi connectivity index (χ2n) is 7.61. The molecule has 1 aliphatic rings. The van der Waals surface area contributed by atoms with Crippen molar-refractivity contribution in [2.24, 2.45) is 0 Å². The molecule has 0 amide bonds. The van der Waals surface area contributed by atoms with Crippen LogP contribution in [0, 0.1) is 10.1 Å². The third-order valence-corrected chi connectivity index (χ3v) is 5.51. The SMILES string of the molecule is O=c1[nH]c(-c2ccncc2)nc2c1CN(Cc1ccc(-c3ccc([N+](=O)[O-])cc3)o1)CC2. The average molecular weight is 429 g/mol. The van der Waals surface area contributed by atoms with Crippen molar-refractivity contribution in [2.45, 2.75) is 19.5 Å². The second kappa shape index (κ2) is 8.20. The fourth-order valence-corrected chi connectivity index (χ4v) is 3.85. The first-order valence-electron chi connectivity index (χ1n) is 10.2. The summed E-state index contributed by atoms with van der Waals surface area (Å²) in [5.74, 6) is 1.97. The van der Waals surface area contributed by atoms with Gasteiger partial charge in [0, 0.05) is 55.2 Å². The highest BCUT2D eigenvalue weighted by Crippen LogP contribution is 2.26. The third kappa shape index (κ3) is 3.93. The molecule has 5 rings (SSSR count). The maximum Gasteiger partial charge on any atom is 0.269 e. The van der Waals surface area contributed by atoms with Gasteiger partial charge in [0.2, 0.25) is 0 Å². The van der Waals surface area contributed by atoms with Gasteiger partial charge in [-0.2, -0.15) is 0 Å². The van der Waals surface area contributed by atoms with Gasteiger partial charge in [0.1, 0.15) is 17.3 Å². The number of aromatic nitrogens is 3. The molecule has 1 aromatic carbocycles. The van der Waals surface area contributed by atoms with Gasteiger partial charge in [-0.05, 0) is 36.4 Å². The van der Waals surface area contributed by atoms with Gasteiger partial charge in [-0.1, -0.05) is 0 Å². The van der Waals surface area contributed by atoms with Gasteiger partial charge < -0.3 is 9.40 Å². The van der Waals surface area contributed by atoms with Crippen molar-refractivity contribution in [3.8, 4) is 22.7 Å². The van der Waals surface area contributed by atoms with Gasteiger partial charge in [0.25, 0.3) is 11.2 Å². The molecule has 9 heteroatoms. The molecular formula is C23H19N5O4. The molecule has 0 bridgehead atoms. The van der Waals surface area contributed by atoms with Crippen LogP contribution in [0.2, 0.25) is 0 Å². The molecule has 4 aromatic rings. The molecule has 1 aliphatic heterocycles. The highest BCUT2D eigenvalue weighted by Gasteiger charge is 2.22. The summed E-state index contributed by atoms with van der Waals surface area (Å²) in [6.45, 7) is 1.80. The van der Waals surface area contributed by atoms with Crippen LogP contribution in [0.4, 0.5) is 5.69 Å². The predicted molar refractivity (Wildman–Crippen MR) is 117 cm³/mol. The number of nitrogens with one attached hydrogen (secondary N) is 1. The van der Waals surface area contributed by atoms with Crippen LogP contribution in [0.1, 0.15) is 17.0 Å². The minimum atomic E-state index is -0.428. The van der Waals surface area contributed by atoms with Crippen LogP contribution in [0.25, 0.3) is 22.7 Å². The third-order valence-electron chi connectivity index (χ3n) is 5.51. The number of pyridine rings is 1. The Morgan fingerprint density at radius 2 is 1.84 bits per heavy atom. The first-order valence-corrected chi connectivity index (χ1v) is 10.2. The smallest absolute Gasteiger partial charge is 0.269 e. The number of nitro groups is 1. The van der Waals surface area contributed by atoms with Gasteiger partial charge in [-0.25, -0.2) is 4.98 Å². The minimum Gasteiger partial charge on any atom is -0.460 e. The summed E-state index contributed by atoms with van der Waals surface area (Å²) < 4.78 is 5.95. The zero-order valence-corrected chi connectivity index (χ0v) is 17.0. The molecule has 0 saturated carbocycles. The van der Waals surface area contributed by atoms with E-state index in [0.717, 1.165) is 29.1 Å². The normalized spacial score (nSPS) is 13.6. The summed E-state index contributed by atoms with van der Waals surface area (Å²) in [6.07, 6.45) is 4.02. The van der Waals surface area contributed by atoms with E-state index in [0.29, 0.717) is 36.7 Å². The summed E-state index contributed by atoms with van der Waals surface area (Å²) in [6, 6.07) is 13.6. The number of aromatic amines is 1. The summed E-state index contributed by atoms with van der Waals surface area (Å²) in [7, 11) is 0. The van der Waals surface area contributed by atoms with Gasteiger partial charge >= 0.3 is 0 Å². The molecule has 0 radical (unpaired) electrons. The Kier molecular flexibility index (Phi) is 5.08. The molecule has 3 aromatic heterocycles. The lowest BCUT2D eigenvalue weighted by Gasteiger charge is -2.26. The quantitative estimate of drug-likeness (QED) is 0.381. The van der Waals surface area contributed by atoms with E-state index in [1.165, 1.54) is 12.1 Å². The van der Waals surface area contributed by atoms with E-state index in [2.05, 4.69) is 19.9 Å². The maximum absolute atomic E-state index is 12.7. The highest BCUT2D eigenvalue weighted by molar-refractivity contribution is 5.59. The molecule has 160 valence electrons. The van der Waals surface area contributed by atoms with Crippen LogP contribution >= 0.6 is 0 Å². The fourth-order valence-electron chi connectivity index (χ4n) is 3.85. The first-order chi connectivity index (χ1) is 15.6. The van der Waals surface area contributed by atoms with E-state index in [-0.39, 0.29) is 11.2 Å². The molecule has 0 atom stereocenters. The first kappa shape index (κ1) is 19.8. The second-order valence-corrected chi connectivity index (χ2v) is 7.61. The fraction of sp³-hybridized carbons (Fsp3) is 0.174. The molecule has 32 heavy (non-hydrogen) atoms. The van der Waals surface area contributed by atoms with Crippen molar-refractivity contribution < 1.29 is 9.34 Å². The van der Waals surface area contributed by atoms with E-state index in [1.54, 1.807) is 24.5 Å². The lowest BCUT2D eigenvalue weighted by atomic mass is 10.1. The molecule has 0 saturated heterocycles. The van der Waals surface area contributed by atoms with E-state index < -0.39 is 4.92 Å². The van der Waals surface area contributed by atoms with Crippen LogP contribution in [0.5, 0.6) is 0 Å². The van der Waals surface area contributed by atoms with Gasteiger partial charge in [0.05, 0.1) is 22.7 Å². The number of hydrogen-bond donors (Lipinski definition) is 1. The predicted octanol–water partition coefficient (Wildman–Crippen LogP) is 3.56. The van der Waals surface area contributed by atoms with Crippen molar-refractivity contribution in [2.75, 3.05) is 6.54 Å². The number of H-pyrrole nitrogens is 1. The number of fused-ring (bicyclic) bond motifs is 1. The molecule has 0 aliphatic carbocycles. The number of furan rings is 1. The number of hydrogen-bond acceptors (Lipinski definition) is 7. The Balaban J connectivity index is 1.31. The van der Waals surface area contributed by atoms with Gasteiger partial charge in [0.15, 0.2) is 0 Å². The zero-order chi connectivity index (χ0) is 22.1. The summed E-state index contributed by atoms with van der Waals surface area (Å²) in [4.78, 5) is 36.8. The van der Waals surface area contributed by atoms with Crippen molar-refractivity contribution in [1.82, 2.24) is 19.9 Å². The van der Waals surface area contributed by atoms with Crippen LogP contribution in [0.3, 0.4) is 0 Å². The Bertz CT molecular complexity index is 1330. The lowest BCUT2D eigenvalue weighted by molar-refractivity contribution is -0.384. The van der Waals surface area contributed by atoms with Crippen LogP contribution in [0.15, 0.2) is 70.1 Å². The van der Waals surface area contributed by atoms with E-state index in [1.807, 2.05) is 24.3 Å². The van der Waals surface area contributed by atoms with E-state index in [4.69, 9.17) is 4.42 Å². The van der Waals surface area contributed by atoms with Crippen LogP contribution in [-0.2, 0) is 19.5 Å². The highest BCUT2D eigenvalue weighted by atomic mass is 16.6. The number of nitrogens with zero attached hydrogens (tertiary/aromatic N) is 4. The number of rotatable bonds is 5. The minimum absolute atomic E-state index is 0.0402. The largest absolute Gasteiger partial charge is 0.460 e. The zero-order valence-electron chi connectivity index (χ0n) is 17.0. The van der Waals surface area contributed by atoms with Gasteiger partial charge in [-0.3, -0.25) is 24.8 Å². The topological polar surface area (TPSA) is 118 Å². The van der Waals surface area contributed by atoms with Gasteiger partial charge in [-0.15, -0.1) is 0 Å². The Labute approximate surface area is 182 Å². The van der Waals surface area contributed by atoms with E-state index >= 15 is 0 Å². The molecule has 4 heterocycles. The standard InChI is InChI=1S/C23H19N5O4/c29-23-19-14-27(12-9-20(19)25-22(26-23)16-7-10-24-11-8-16)13-18-5-6-21(32-18)15-1-3-17(4-2-15)28(30)31/h1-8,10-11H,9,12-14H2,(H,25,26,29). The van der Waals surface area contributed by atoms with Crippen molar-refractivity contribution in [1.29, 1.82) is 0 Å². The molecule has 0 spiro atoms. The maximum atomic E-state index is 12.7. The summed E-state index contributed by atoms with van der Waals surface area (Å²) >= 11 is 0. The molecular weight excluding hydrogens is 410 g/mol.